The van der Waals surface area contributed by atoms with E-state index < -0.39 is 11.7 Å². The fraction of sp³-hybridized carbons (Fsp3) is 0.118. The average Bonchev–Trinajstić information content (AvgIpc) is 3.27. The summed E-state index contributed by atoms with van der Waals surface area (Å²) in [6, 6.07) is 7.71. The van der Waals surface area contributed by atoms with E-state index in [1.165, 1.54) is 16.6 Å². The number of para-hydroxylation sites is 1. The first-order chi connectivity index (χ1) is 12.9. The van der Waals surface area contributed by atoms with Crippen LogP contribution in [0.3, 0.4) is 0 Å². The van der Waals surface area contributed by atoms with Gasteiger partial charge in [-0.3, -0.25) is 4.68 Å². The van der Waals surface area contributed by atoms with E-state index in [0.717, 1.165) is 39.8 Å². The quantitative estimate of drug-likeness (QED) is 0.527. The van der Waals surface area contributed by atoms with Gasteiger partial charge in [-0.25, -0.2) is 9.67 Å². The Morgan fingerprint density at radius 3 is 2.78 bits per heavy atom. The van der Waals surface area contributed by atoms with Crippen LogP contribution in [0.25, 0.3) is 16.7 Å². The van der Waals surface area contributed by atoms with Crippen molar-refractivity contribution in [2.45, 2.75) is 11.1 Å². The normalized spacial score (nSPS) is 11.9. The van der Waals surface area contributed by atoms with Gasteiger partial charge < -0.3 is 4.72 Å². The second-order valence-electron chi connectivity index (χ2n) is 5.74. The third kappa shape index (κ3) is 3.47. The van der Waals surface area contributed by atoms with Crippen LogP contribution in [-0.2, 0) is 13.2 Å². The summed E-state index contributed by atoms with van der Waals surface area (Å²) < 4.78 is 44.9. The van der Waals surface area contributed by atoms with Crippen LogP contribution in [0.15, 0.2) is 60.0 Å². The molecule has 4 aromatic rings. The predicted molar refractivity (Wildman–Crippen MR) is 96.6 cm³/mol. The molecular weight excluding hydrogens is 377 g/mol. The van der Waals surface area contributed by atoms with Gasteiger partial charge in [0.05, 0.1) is 34.1 Å². The molecule has 0 aliphatic carbocycles. The molecule has 0 aliphatic rings. The molecule has 0 bridgehead atoms. The lowest BCUT2D eigenvalue weighted by Crippen LogP contribution is -2.07. The van der Waals surface area contributed by atoms with Gasteiger partial charge in [-0.2, -0.15) is 23.4 Å². The number of rotatable bonds is 4. The van der Waals surface area contributed by atoms with Gasteiger partial charge in [0.1, 0.15) is 0 Å². The third-order valence-corrected chi connectivity index (χ3v) is 4.67. The zero-order chi connectivity index (χ0) is 19.0. The number of hydrogen-bond acceptors (Lipinski definition) is 5. The van der Waals surface area contributed by atoms with Crippen LogP contribution in [-0.4, -0.2) is 24.5 Å². The van der Waals surface area contributed by atoms with Crippen LogP contribution < -0.4 is 4.72 Å². The van der Waals surface area contributed by atoms with Gasteiger partial charge in [-0.15, -0.1) is 0 Å². The van der Waals surface area contributed by atoms with Crippen LogP contribution in [0.5, 0.6) is 0 Å². The molecule has 0 fully saturated rings. The molecule has 1 aromatic carbocycles. The van der Waals surface area contributed by atoms with Crippen molar-refractivity contribution < 1.29 is 13.2 Å². The van der Waals surface area contributed by atoms with E-state index in [9.17, 15) is 13.2 Å². The summed E-state index contributed by atoms with van der Waals surface area (Å²) in [7, 11) is 1.86. The Bertz CT molecular complexity index is 1100. The molecule has 0 atom stereocenters. The van der Waals surface area contributed by atoms with Crippen LogP contribution >= 0.6 is 11.9 Å². The molecule has 0 unspecified atom stereocenters. The van der Waals surface area contributed by atoms with E-state index in [1.807, 2.05) is 25.2 Å². The minimum Gasteiger partial charge on any atom is -0.324 e. The van der Waals surface area contributed by atoms with Gasteiger partial charge in [-0.05, 0) is 30.1 Å². The Kier molecular flexibility index (Phi) is 4.27. The summed E-state index contributed by atoms with van der Waals surface area (Å²) in [6.45, 7) is 0. The lowest BCUT2D eigenvalue weighted by Gasteiger charge is -2.08. The van der Waals surface area contributed by atoms with Gasteiger partial charge in [-0.1, -0.05) is 12.1 Å². The topological polar surface area (TPSA) is 60.6 Å². The van der Waals surface area contributed by atoms with E-state index in [0.29, 0.717) is 0 Å². The Balaban J connectivity index is 1.54. The van der Waals surface area contributed by atoms with E-state index in [2.05, 4.69) is 19.9 Å². The van der Waals surface area contributed by atoms with Crippen molar-refractivity contribution in [2.24, 2.45) is 7.05 Å². The molecule has 0 saturated heterocycles. The first kappa shape index (κ1) is 17.4. The highest BCUT2D eigenvalue weighted by Gasteiger charge is 2.30. The SMILES string of the molecule is Cn1ncc2cccc(NSc3cnn(-c4cc(C(F)(F)F)ccn4)c3)c21. The Morgan fingerprint density at radius 1 is 1.11 bits per heavy atom. The zero-order valence-corrected chi connectivity index (χ0v) is 14.8. The molecule has 0 saturated carbocycles. The molecule has 27 heavy (non-hydrogen) atoms. The molecule has 138 valence electrons. The molecule has 3 heterocycles. The Labute approximate surface area is 156 Å². The Morgan fingerprint density at radius 2 is 1.96 bits per heavy atom. The third-order valence-electron chi connectivity index (χ3n) is 3.91. The molecule has 0 aliphatic heterocycles. The number of nitrogens with one attached hydrogen (secondary N) is 1. The van der Waals surface area contributed by atoms with Crippen LogP contribution in [0.4, 0.5) is 18.9 Å². The number of benzene rings is 1. The van der Waals surface area contributed by atoms with E-state index in [-0.39, 0.29) is 5.82 Å². The number of hydrogen-bond donors (Lipinski definition) is 1. The maximum atomic E-state index is 12.9. The highest BCUT2D eigenvalue weighted by molar-refractivity contribution is 8.00. The van der Waals surface area contributed by atoms with Crippen molar-refractivity contribution in [1.29, 1.82) is 0 Å². The predicted octanol–water partition coefficient (Wildman–Crippen LogP) is 4.29. The molecule has 0 amide bonds. The number of fused-ring (bicyclic) bond motifs is 1. The van der Waals surface area contributed by atoms with Crippen LogP contribution in [0, 0.1) is 0 Å². The fourth-order valence-electron chi connectivity index (χ4n) is 2.63. The summed E-state index contributed by atoms with van der Waals surface area (Å²) in [5.41, 5.74) is 1.07. The van der Waals surface area contributed by atoms with E-state index >= 15 is 0 Å². The Hall–Kier alpha value is -3.01. The molecule has 6 nitrogen and oxygen atoms in total. The minimum absolute atomic E-state index is 0.102. The van der Waals surface area contributed by atoms with E-state index in [4.69, 9.17) is 0 Å². The zero-order valence-electron chi connectivity index (χ0n) is 14.0. The van der Waals surface area contributed by atoms with Crippen molar-refractivity contribution in [3.8, 4) is 5.82 Å². The van der Waals surface area contributed by atoms with Gasteiger partial charge >= 0.3 is 6.18 Å². The summed E-state index contributed by atoms with van der Waals surface area (Å²) in [4.78, 5) is 4.69. The van der Waals surface area contributed by atoms with Crippen LogP contribution in [0.2, 0.25) is 0 Å². The van der Waals surface area contributed by atoms with E-state index in [1.54, 1.807) is 23.3 Å². The second kappa shape index (κ2) is 6.62. The molecule has 3 aromatic heterocycles. The summed E-state index contributed by atoms with van der Waals surface area (Å²) in [5, 5.41) is 9.34. The highest BCUT2D eigenvalue weighted by atomic mass is 32.2. The van der Waals surface area contributed by atoms with Crippen molar-refractivity contribution in [3.63, 3.8) is 0 Å². The number of aryl methyl sites for hydroxylation is 1. The standard InChI is InChI=1S/C17H13F3N6S/c1-25-16-11(8-22-25)3-2-4-14(16)24-27-13-9-23-26(10-13)15-7-12(5-6-21-15)17(18,19)20/h2-10,24H,1H3. The number of pyridine rings is 1. The second-order valence-corrected chi connectivity index (χ2v) is 6.62. The number of nitrogens with zero attached hydrogens (tertiary/aromatic N) is 5. The molecular formula is C17H13F3N6S. The maximum Gasteiger partial charge on any atom is 0.416 e. The number of anilines is 1. The van der Waals surface area contributed by atoms with Crippen molar-refractivity contribution in [2.75, 3.05) is 4.72 Å². The molecule has 0 radical (unpaired) electrons. The number of alkyl halides is 3. The van der Waals surface area contributed by atoms with Gasteiger partial charge in [0.15, 0.2) is 5.82 Å². The number of halogens is 3. The monoisotopic (exact) mass is 390 g/mol. The van der Waals surface area contributed by atoms with Crippen molar-refractivity contribution in [1.82, 2.24) is 24.5 Å². The summed E-state index contributed by atoms with van der Waals surface area (Å²) in [6.07, 6.45) is 1.65. The maximum absolute atomic E-state index is 12.9. The molecule has 0 spiro atoms. The number of aromatic nitrogens is 5. The first-order valence-corrected chi connectivity index (χ1v) is 8.65. The van der Waals surface area contributed by atoms with Crippen molar-refractivity contribution >= 4 is 28.5 Å². The highest BCUT2D eigenvalue weighted by Crippen LogP contribution is 2.30. The average molecular weight is 390 g/mol. The molecule has 4 rings (SSSR count). The lowest BCUT2D eigenvalue weighted by molar-refractivity contribution is -0.137. The summed E-state index contributed by atoms with van der Waals surface area (Å²) in [5.74, 6) is 0.102. The first-order valence-electron chi connectivity index (χ1n) is 7.84. The van der Waals surface area contributed by atoms with Crippen LogP contribution in [0.1, 0.15) is 5.56 Å². The minimum atomic E-state index is -4.42. The van der Waals surface area contributed by atoms with Gasteiger partial charge in [0.2, 0.25) is 0 Å². The summed E-state index contributed by atoms with van der Waals surface area (Å²) >= 11 is 1.30. The molecule has 10 heteroatoms. The van der Waals surface area contributed by atoms with Crippen molar-refractivity contribution in [3.05, 3.63) is 60.7 Å². The lowest BCUT2D eigenvalue weighted by atomic mass is 10.2. The fourth-order valence-corrected chi connectivity index (χ4v) is 3.28. The molecule has 1 N–H and O–H groups in total. The largest absolute Gasteiger partial charge is 0.416 e. The van der Waals surface area contributed by atoms with Gasteiger partial charge in [0.25, 0.3) is 0 Å². The smallest absolute Gasteiger partial charge is 0.324 e. The van der Waals surface area contributed by atoms with Gasteiger partial charge in [0, 0.05) is 24.8 Å².